The molecule has 0 aliphatic carbocycles. The van der Waals surface area contributed by atoms with E-state index in [-0.39, 0.29) is 5.76 Å². The maximum absolute atomic E-state index is 12.2. The zero-order chi connectivity index (χ0) is 17.9. The average molecular weight is 334 g/mol. The van der Waals surface area contributed by atoms with Crippen molar-refractivity contribution < 1.29 is 28.3 Å². The molecule has 3 amide bonds. The van der Waals surface area contributed by atoms with Crippen LogP contribution in [-0.4, -0.2) is 38.2 Å². The van der Waals surface area contributed by atoms with Gasteiger partial charge in [-0.2, -0.15) is 0 Å². The van der Waals surface area contributed by atoms with Crippen LogP contribution in [0.1, 0.15) is 23.0 Å². The molecule has 0 saturated carbocycles. The van der Waals surface area contributed by atoms with Crippen molar-refractivity contribution in [1.82, 2.24) is 10.6 Å². The van der Waals surface area contributed by atoms with Crippen LogP contribution in [0.4, 0.5) is 4.79 Å². The van der Waals surface area contributed by atoms with Gasteiger partial charge in [0.1, 0.15) is 11.3 Å². The number of methoxy groups -OCH3 is 1. The fourth-order valence-electron chi connectivity index (χ4n) is 2.07. The first-order valence-electron chi connectivity index (χ1n) is 7.18. The molecule has 2 aromatic rings. The molecule has 2 N–H and O–H groups in total. The van der Waals surface area contributed by atoms with Gasteiger partial charge in [-0.1, -0.05) is 0 Å². The number of carbonyl (C=O) groups is 3. The van der Waals surface area contributed by atoms with Gasteiger partial charge in [-0.15, -0.1) is 0 Å². The van der Waals surface area contributed by atoms with Crippen LogP contribution in [0.15, 0.2) is 22.6 Å². The lowest BCUT2D eigenvalue weighted by Gasteiger charge is -2.11. The summed E-state index contributed by atoms with van der Waals surface area (Å²) in [6.45, 7) is 3.06. The number of hydrogen-bond acceptors (Lipinski definition) is 6. The quantitative estimate of drug-likeness (QED) is 0.825. The third kappa shape index (κ3) is 3.48. The van der Waals surface area contributed by atoms with Crippen LogP contribution in [-0.2, 0) is 9.53 Å². The molecule has 0 spiro atoms. The van der Waals surface area contributed by atoms with Crippen LogP contribution in [0.2, 0.25) is 0 Å². The minimum absolute atomic E-state index is 0.00199. The van der Waals surface area contributed by atoms with E-state index < -0.39 is 24.0 Å². The summed E-state index contributed by atoms with van der Waals surface area (Å²) in [6.07, 6.45) is -1.16. The maximum atomic E-state index is 12.2. The van der Waals surface area contributed by atoms with E-state index in [1.54, 1.807) is 32.2 Å². The van der Waals surface area contributed by atoms with E-state index in [0.29, 0.717) is 22.3 Å². The second-order valence-corrected chi connectivity index (χ2v) is 5.03. The maximum Gasteiger partial charge on any atom is 0.375 e. The molecule has 0 bridgehead atoms. The Labute approximate surface area is 138 Å². The van der Waals surface area contributed by atoms with E-state index in [2.05, 4.69) is 5.32 Å². The topological polar surface area (TPSA) is 107 Å². The van der Waals surface area contributed by atoms with Crippen molar-refractivity contribution in [2.75, 3.05) is 14.2 Å². The number of imide groups is 1. The lowest BCUT2D eigenvalue weighted by Crippen LogP contribution is -2.43. The van der Waals surface area contributed by atoms with Gasteiger partial charge in [-0.05, 0) is 32.0 Å². The average Bonchev–Trinajstić information content (AvgIpc) is 2.90. The molecule has 1 atom stereocenters. The fraction of sp³-hybridized carbons (Fsp3) is 0.312. The van der Waals surface area contributed by atoms with Crippen molar-refractivity contribution in [3.8, 4) is 5.75 Å². The number of fused-ring (bicyclic) bond motifs is 1. The lowest BCUT2D eigenvalue weighted by molar-refractivity contribution is -0.128. The minimum Gasteiger partial charge on any atom is -0.497 e. The van der Waals surface area contributed by atoms with Crippen molar-refractivity contribution in [1.29, 1.82) is 0 Å². The number of nitrogens with one attached hydrogen (secondary N) is 2. The first-order chi connectivity index (χ1) is 11.4. The highest BCUT2D eigenvalue weighted by Gasteiger charge is 2.25. The van der Waals surface area contributed by atoms with Gasteiger partial charge in [-0.3, -0.25) is 10.1 Å². The van der Waals surface area contributed by atoms with Gasteiger partial charge in [0, 0.05) is 18.0 Å². The van der Waals surface area contributed by atoms with Crippen LogP contribution in [0.5, 0.6) is 5.75 Å². The molecule has 24 heavy (non-hydrogen) atoms. The number of rotatable bonds is 4. The SMILES string of the molecule is CNC(=O)NC(=O)C(C)OC(=O)c1oc2ccc(OC)cc2c1C. The summed E-state index contributed by atoms with van der Waals surface area (Å²) in [5.41, 5.74) is 1.08. The summed E-state index contributed by atoms with van der Waals surface area (Å²) in [5, 5.41) is 4.97. The highest BCUT2D eigenvalue weighted by Crippen LogP contribution is 2.29. The number of carbonyl (C=O) groups excluding carboxylic acids is 3. The van der Waals surface area contributed by atoms with Gasteiger partial charge in [0.25, 0.3) is 5.91 Å². The van der Waals surface area contributed by atoms with Gasteiger partial charge >= 0.3 is 12.0 Å². The monoisotopic (exact) mass is 334 g/mol. The summed E-state index contributed by atoms with van der Waals surface area (Å²) in [7, 11) is 2.91. The first kappa shape index (κ1) is 17.3. The molecule has 2 rings (SSSR count). The number of aryl methyl sites for hydroxylation is 1. The summed E-state index contributed by atoms with van der Waals surface area (Å²) in [6, 6.07) is 4.45. The highest BCUT2D eigenvalue weighted by atomic mass is 16.6. The molecule has 0 radical (unpaired) electrons. The zero-order valence-corrected chi connectivity index (χ0v) is 13.8. The Morgan fingerprint density at radius 2 is 1.96 bits per heavy atom. The molecule has 0 saturated heterocycles. The number of ether oxygens (including phenoxy) is 2. The Kier molecular flexibility index (Phi) is 5.08. The fourth-order valence-corrected chi connectivity index (χ4v) is 2.07. The zero-order valence-electron chi connectivity index (χ0n) is 13.8. The minimum atomic E-state index is -1.16. The highest BCUT2D eigenvalue weighted by molar-refractivity contribution is 6.00. The molecular weight excluding hydrogens is 316 g/mol. The van der Waals surface area contributed by atoms with Crippen molar-refractivity contribution in [3.63, 3.8) is 0 Å². The molecule has 1 heterocycles. The number of esters is 1. The lowest BCUT2D eigenvalue weighted by atomic mass is 10.1. The van der Waals surface area contributed by atoms with Crippen molar-refractivity contribution >= 4 is 28.9 Å². The second kappa shape index (κ2) is 7.03. The largest absolute Gasteiger partial charge is 0.497 e. The van der Waals surface area contributed by atoms with E-state index in [9.17, 15) is 14.4 Å². The Bertz CT molecular complexity index is 795. The molecule has 0 fully saturated rings. The Morgan fingerprint density at radius 3 is 2.58 bits per heavy atom. The third-order valence-corrected chi connectivity index (χ3v) is 3.45. The summed E-state index contributed by atoms with van der Waals surface area (Å²) < 4.78 is 15.7. The standard InChI is InChI=1S/C16H18N2O6/c1-8-11-7-10(22-4)5-6-12(11)24-13(8)15(20)23-9(2)14(19)18-16(21)17-3/h5-7,9H,1-4H3,(H2,17,18,19,21). The molecule has 0 aliphatic heterocycles. The van der Waals surface area contributed by atoms with E-state index >= 15 is 0 Å². The summed E-state index contributed by atoms with van der Waals surface area (Å²) in [4.78, 5) is 35.1. The molecule has 128 valence electrons. The van der Waals surface area contributed by atoms with Crippen LogP contribution >= 0.6 is 0 Å². The second-order valence-electron chi connectivity index (χ2n) is 5.03. The van der Waals surface area contributed by atoms with E-state index in [4.69, 9.17) is 13.9 Å². The predicted molar refractivity (Wildman–Crippen MR) is 85.0 cm³/mol. The van der Waals surface area contributed by atoms with Gasteiger partial charge in [0.15, 0.2) is 6.10 Å². The van der Waals surface area contributed by atoms with Gasteiger partial charge < -0.3 is 19.2 Å². The normalized spacial score (nSPS) is 11.7. The van der Waals surface area contributed by atoms with Gasteiger partial charge in [-0.25, -0.2) is 9.59 Å². The van der Waals surface area contributed by atoms with E-state index in [0.717, 1.165) is 0 Å². The predicted octanol–water partition coefficient (Wildman–Crippen LogP) is 1.75. The summed E-state index contributed by atoms with van der Waals surface area (Å²) >= 11 is 0. The van der Waals surface area contributed by atoms with Crippen LogP contribution in [0.3, 0.4) is 0 Å². The van der Waals surface area contributed by atoms with Crippen LogP contribution in [0, 0.1) is 6.92 Å². The molecule has 8 heteroatoms. The Morgan fingerprint density at radius 1 is 1.25 bits per heavy atom. The van der Waals surface area contributed by atoms with E-state index in [1.807, 2.05) is 5.32 Å². The molecule has 0 aliphatic rings. The number of hydrogen-bond donors (Lipinski definition) is 2. The van der Waals surface area contributed by atoms with Crippen molar-refractivity contribution in [3.05, 3.63) is 29.5 Å². The van der Waals surface area contributed by atoms with Gasteiger partial charge in [0.2, 0.25) is 5.76 Å². The number of amides is 3. The van der Waals surface area contributed by atoms with Crippen molar-refractivity contribution in [2.24, 2.45) is 0 Å². The van der Waals surface area contributed by atoms with Gasteiger partial charge in [0.05, 0.1) is 7.11 Å². The molecule has 1 aromatic heterocycles. The Balaban J connectivity index is 2.18. The molecule has 8 nitrogen and oxygen atoms in total. The summed E-state index contributed by atoms with van der Waals surface area (Å²) in [5.74, 6) is -0.900. The molecular formula is C16H18N2O6. The smallest absolute Gasteiger partial charge is 0.375 e. The van der Waals surface area contributed by atoms with Crippen LogP contribution < -0.4 is 15.4 Å². The number of furan rings is 1. The number of urea groups is 1. The first-order valence-corrected chi connectivity index (χ1v) is 7.18. The van der Waals surface area contributed by atoms with E-state index in [1.165, 1.54) is 14.0 Å². The molecule has 1 unspecified atom stereocenters. The van der Waals surface area contributed by atoms with Crippen LogP contribution in [0.25, 0.3) is 11.0 Å². The Hall–Kier alpha value is -3.03. The van der Waals surface area contributed by atoms with Crippen molar-refractivity contribution in [2.45, 2.75) is 20.0 Å². The molecule has 1 aromatic carbocycles. The number of benzene rings is 1. The third-order valence-electron chi connectivity index (χ3n) is 3.45.